The Bertz CT molecular complexity index is 614. The molecule has 12 atom stereocenters. The second-order valence-electron chi connectivity index (χ2n) is 9.73. The van der Waals surface area contributed by atoms with Gasteiger partial charge >= 0.3 is 0 Å². The van der Waals surface area contributed by atoms with Gasteiger partial charge in [0.25, 0.3) is 0 Å². The predicted molar refractivity (Wildman–Crippen MR) is 124 cm³/mol. The first-order valence-electron chi connectivity index (χ1n) is 12.6. The first-order valence-corrected chi connectivity index (χ1v) is 12.6. The summed E-state index contributed by atoms with van der Waals surface area (Å²) in [6.45, 7) is -1.32. The molecule has 14 nitrogen and oxygen atoms in total. The fourth-order valence-corrected chi connectivity index (χ4v) is 4.93. The van der Waals surface area contributed by atoms with Crippen molar-refractivity contribution in [2.24, 2.45) is 17.8 Å². The molecule has 0 amide bonds. The predicted octanol–water partition coefficient (Wildman–Crippen LogP) is -5.05. The SMILES string of the molecule is CC[C@@H]1C(CO)O[C@H](COC[C@@H]2C(CO)O[C@H](COCC(C(O)CO)C(O)CO)C(O)[C@@H]2O)C(O)[C@@H]1O. The summed E-state index contributed by atoms with van der Waals surface area (Å²) in [6, 6.07) is 0. The zero-order chi connectivity index (χ0) is 27.7. The molecule has 0 spiro atoms. The average molecular weight is 545 g/mol. The van der Waals surface area contributed by atoms with Crippen LogP contribution in [0.15, 0.2) is 0 Å². The molecule has 2 fully saturated rings. The van der Waals surface area contributed by atoms with Gasteiger partial charge in [-0.05, 0) is 6.42 Å². The Balaban J connectivity index is 1.90. The van der Waals surface area contributed by atoms with Crippen molar-refractivity contribution >= 4 is 0 Å². The maximum Gasteiger partial charge on any atom is 0.110 e. The Morgan fingerprint density at radius 1 is 0.622 bits per heavy atom. The topological polar surface area (TPSA) is 239 Å². The van der Waals surface area contributed by atoms with Crippen LogP contribution in [0, 0.1) is 17.8 Å². The van der Waals surface area contributed by atoms with Crippen molar-refractivity contribution in [2.75, 3.05) is 52.9 Å². The summed E-state index contributed by atoms with van der Waals surface area (Å²) in [4.78, 5) is 0. The highest BCUT2D eigenvalue weighted by Gasteiger charge is 2.46. The average Bonchev–Trinajstić information content (AvgIpc) is 2.91. The molecule has 2 aliphatic rings. The van der Waals surface area contributed by atoms with E-state index in [1.807, 2.05) is 6.92 Å². The first-order chi connectivity index (χ1) is 17.6. The molecular formula is C23H44O14. The van der Waals surface area contributed by atoms with Crippen molar-refractivity contribution in [1.82, 2.24) is 0 Å². The van der Waals surface area contributed by atoms with E-state index in [1.165, 1.54) is 0 Å². The van der Waals surface area contributed by atoms with Crippen LogP contribution in [0.2, 0.25) is 0 Å². The molecule has 0 aliphatic carbocycles. The standard InChI is InChI=1S/C23H44O14/c1-2-11-16(5-26)36-18(22(32)20(11)30)10-35-8-13-17(6-27)37-19(23(33)21(13)31)9-34-7-12(14(28)3-24)15(29)4-25/h11-33H,2-10H2,1H3/t11-,12?,13-,14?,15?,16?,17?,18-,19-,20-,21-,22?,23?/m1/s1. The van der Waals surface area contributed by atoms with Crippen molar-refractivity contribution in [3.8, 4) is 0 Å². The van der Waals surface area contributed by atoms with Gasteiger partial charge in [-0.25, -0.2) is 0 Å². The van der Waals surface area contributed by atoms with Gasteiger partial charge in [0.2, 0.25) is 0 Å². The Morgan fingerprint density at radius 2 is 1.08 bits per heavy atom. The molecule has 10 N–H and O–H groups in total. The molecule has 14 heteroatoms. The number of hydrogen-bond acceptors (Lipinski definition) is 14. The monoisotopic (exact) mass is 544 g/mol. The van der Waals surface area contributed by atoms with Crippen molar-refractivity contribution < 1.29 is 70.0 Å². The molecule has 2 rings (SSSR count). The van der Waals surface area contributed by atoms with Gasteiger partial charge in [-0.2, -0.15) is 0 Å². The molecule has 6 unspecified atom stereocenters. The lowest BCUT2D eigenvalue weighted by molar-refractivity contribution is -0.241. The summed E-state index contributed by atoms with van der Waals surface area (Å²) in [5.74, 6) is -2.31. The van der Waals surface area contributed by atoms with E-state index in [-0.39, 0.29) is 33.0 Å². The summed E-state index contributed by atoms with van der Waals surface area (Å²) in [5.41, 5.74) is 0. The van der Waals surface area contributed by atoms with E-state index in [0.717, 1.165) is 0 Å². The highest BCUT2D eigenvalue weighted by atomic mass is 16.6. The summed E-state index contributed by atoms with van der Waals surface area (Å²) in [5, 5.41) is 99.1. The van der Waals surface area contributed by atoms with E-state index in [1.54, 1.807) is 0 Å². The van der Waals surface area contributed by atoms with Crippen LogP contribution >= 0.6 is 0 Å². The van der Waals surface area contributed by atoms with Gasteiger partial charge in [-0.15, -0.1) is 0 Å². The maximum atomic E-state index is 10.7. The van der Waals surface area contributed by atoms with Gasteiger partial charge in [0.1, 0.15) is 24.4 Å². The van der Waals surface area contributed by atoms with Gasteiger partial charge < -0.3 is 70.0 Å². The third-order valence-electron chi connectivity index (χ3n) is 7.37. The van der Waals surface area contributed by atoms with Gasteiger partial charge in [0.05, 0.1) is 89.5 Å². The van der Waals surface area contributed by atoms with Crippen LogP contribution in [0.25, 0.3) is 0 Å². The summed E-state index contributed by atoms with van der Waals surface area (Å²) in [7, 11) is 0. The Hall–Kier alpha value is -0.560. The van der Waals surface area contributed by atoms with Gasteiger partial charge in [0, 0.05) is 17.8 Å². The molecule has 220 valence electrons. The largest absolute Gasteiger partial charge is 0.394 e. The summed E-state index contributed by atoms with van der Waals surface area (Å²) < 4.78 is 22.4. The number of aliphatic hydroxyl groups is 10. The molecule has 0 radical (unpaired) electrons. The summed E-state index contributed by atoms with van der Waals surface area (Å²) in [6.07, 6.45) is -11.1. The van der Waals surface area contributed by atoms with Crippen LogP contribution in [0.1, 0.15) is 13.3 Å². The maximum absolute atomic E-state index is 10.7. The molecule has 0 bridgehead atoms. The Morgan fingerprint density at radius 3 is 1.54 bits per heavy atom. The van der Waals surface area contributed by atoms with E-state index in [2.05, 4.69) is 0 Å². The minimum atomic E-state index is -1.44. The second kappa shape index (κ2) is 15.9. The van der Waals surface area contributed by atoms with Crippen molar-refractivity contribution in [1.29, 1.82) is 0 Å². The molecular weight excluding hydrogens is 500 g/mol. The highest BCUT2D eigenvalue weighted by molar-refractivity contribution is 4.93. The van der Waals surface area contributed by atoms with Crippen LogP contribution in [-0.4, -0.2) is 165 Å². The smallest absolute Gasteiger partial charge is 0.110 e. The molecule has 0 aromatic rings. The van der Waals surface area contributed by atoms with Crippen LogP contribution in [0.5, 0.6) is 0 Å². The number of hydrogen-bond donors (Lipinski definition) is 10. The zero-order valence-corrected chi connectivity index (χ0v) is 21.0. The lowest BCUT2D eigenvalue weighted by Crippen LogP contribution is -2.59. The Kier molecular flexibility index (Phi) is 14.0. The normalized spacial score (nSPS) is 39.3. The molecule has 2 aliphatic heterocycles. The van der Waals surface area contributed by atoms with Gasteiger partial charge in [-0.3, -0.25) is 0 Å². The lowest BCUT2D eigenvalue weighted by atomic mass is 9.85. The zero-order valence-electron chi connectivity index (χ0n) is 21.0. The van der Waals surface area contributed by atoms with E-state index in [4.69, 9.17) is 29.2 Å². The van der Waals surface area contributed by atoms with Gasteiger partial charge in [-0.1, -0.05) is 6.92 Å². The molecule has 2 heterocycles. The fourth-order valence-electron chi connectivity index (χ4n) is 4.93. The summed E-state index contributed by atoms with van der Waals surface area (Å²) >= 11 is 0. The molecule has 37 heavy (non-hydrogen) atoms. The molecule has 0 saturated carbocycles. The quantitative estimate of drug-likeness (QED) is 0.0928. The van der Waals surface area contributed by atoms with E-state index < -0.39 is 98.6 Å². The highest BCUT2D eigenvalue weighted by Crippen LogP contribution is 2.30. The van der Waals surface area contributed by atoms with Crippen LogP contribution < -0.4 is 0 Å². The molecule has 0 aromatic carbocycles. The van der Waals surface area contributed by atoms with Crippen LogP contribution in [0.3, 0.4) is 0 Å². The fraction of sp³-hybridized carbons (Fsp3) is 1.00. The lowest BCUT2D eigenvalue weighted by Gasteiger charge is -2.43. The van der Waals surface area contributed by atoms with E-state index in [0.29, 0.717) is 6.42 Å². The van der Waals surface area contributed by atoms with Crippen molar-refractivity contribution in [2.45, 2.75) is 74.4 Å². The van der Waals surface area contributed by atoms with Gasteiger partial charge in [0.15, 0.2) is 0 Å². The van der Waals surface area contributed by atoms with E-state index >= 15 is 0 Å². The van der Waals surface area contributed by atoms with Crippen LogP contribution in [0.4, 0.5) is 0 Å². The third-order valence-corrected chi connectivity index (χ3v) is 7.37. The number of ether oxygens (including phenoxy) is 4. The number of rotatable bonds is 15. The molecule has 2 saturated heterocycles. The number of aliphatic hydroxyl groups excluding tert-OH is 10. The van der Waals surface area contributed by atoms with Crippen molar-refractivity contribution in [3.05, 3.63) is 0 Å². The third kappa shape index (κ3) is 8.22. The minimum Gasteiger partial charge on any atom is -0.394 e. The van der Waals surface area contributed by atoms with Crippen molar-refractivity contribution in [3.63, 3.8) is 0 Å². The first kappa shape index (κ1) is 32.7. The minimum absolute atomic E-state index is 0.184. The Labute approximate surface area is 215 Å². The second-order valence-corrected chi connectivity index (χ2v) is 9.73. The van der Waals surface area contributed by atoms with Crippen LogP contribution in [-0.2, 0) is 18.9 Å². The van der Waals surface area contributed by atoms with E-state index in [9.17, 15) is 40.9 Å². The molecule has 0 aromatic heterocycles.